The van der Waals surface area contributed by atoms with Gasteiger partial charge in [-0.15, -0.1) is 0 Å². The van der Waals surface area contributed by atoms with Gasteiger partial charge in [0.25, 0.3) is 0 Å². The van der Waals surface area contributed by atoms with E-state index in [1.807, 2.05) is 37.3 Å². The molecule has 0 aliphatic rings. The highest BCUT2D eigenvalue weighted by Crippen LogP contribution is 2.27. The number of rotatable bonds is 4. The average molecular weight is 314 g/mol. The number of fused-ring (bicyclic) bond motifs is 1. The van der Waals surface area contributed by atoms with Crippen molar-refractivity contribution in [3.8, 4) is 0 Å². The van der Waals surface area contributed by atoms with Gasteiger partial charge in [-0.3, -0.25) is 4.79 Å². The zero-order chi connectivity index (χ0) is 15.5. The Morgan fingerprint density at radius 3 is 2.82 bits per heavy atom. The minimum atomic E-state index is -0.299. The van der Waals surface area contributed by atoms with E-state index >= 15 is 0 Å². The third-order valence-electron chi connectivity index (χ3n) is 3.46. The van der Waals surface area contributed by atoms with Gasteiger partial charge in [0.2, 0.25) is 5.91 Å². The number of aromatic nitrogens is 1. The molecule has 0 fully saturated rings. The van der Waals surface area contributed by atoms with Crippen molar-refractivity contribution < 1.29 is 9.18 Å². The molecule has 1 atom stereocenters. The molecule has 0 saturated carbocycles. The molecule has 1 amide bonds. The highest BCUT2D eigenvalue weighted by atomic mass is 32.1. The van der Waals surface area contributed by atoms with Crippen LogP contribution in [0, 0.1) is 5.82 Å². The summed E-state index contributed by atoms with van der Waals surface area (Å²) in [6.45, 7) is 2.02. The Morgan fingerprint density at radius 2 is 2.05 bits per heavy atom. The number of nitrogens with one attached hydrogen (secondary N) is 1. The summed E-state index contributed by atoms with van der Waals surface area (Å²) in [5.74, 6) is -0.254. The lowest BCUT2D eigenvalue weighted by atomic mass is 9.98. The summed E-state index contributed by atoms with van der Waals surface area (Å²) in [5, 5.41) is 3.30. The molecule has 0 aliphatic carbocycles. The first-order valence-electron chi connectivity index (χ1n) is 7.03. The summed E-state index contributed by atoms with van der Waals surface area (Å²) >= 11 is 1.28. The first-order chi connectivity index (χ1) is 10.6. The van der Waals surface area contributed by atoms with Crippen LogP contribution in [-0.2, 0) is 4.79 Å². The maximum atomic E-state index is 13.2. The summed E-state index contributed by atoms with van der Waals surface area (Å²) in [5.41, 5.74) is 1.82. The second-order valence-corrected chi connectivity index (χ2v) is 6.23. The van der Waals surface area contributed by atoms with E-state index in [-0.39, 0.29) is 17.6 Å². The van der Waals surface area contributed by atoms with Gasteiger partial charge in [0.15, 0.2) is 5.13 Å². The van der Waals surface area contributed by atoms with E-state index in [0.717, 1.165) is 10.3 Å². The Balaban J connectivity index is 1.68. The molecule has 0 unspecified atom stereocenters. The molecular weight excluding hydrogens is 299 g/mol. The van der Waals surface area contributed by atoms with Crippen LogP contribution >= 0.6 is 11.3 Å². The first-order valence-corrected chi connectivity index (χ1v) is 7.84. The standard InChI is InChI=1S/C17H15FN2OS/c1-11(12-5-3-2-4-6-12)9-16(21)20-17-19-14-8-7-13(18)10-15(14)22-17/h2-8,10-11H,9H2,1H3,(H,19,20,21)/t11-/m0/s1. The molecule has 1 aromatic heterocycles. The zero-order valence-electron chi connectivity index (χ0n) is 12.0. The van der Waals surface area contributed by atoms with E-state index in [1.54, 1.807) is 6.07 Å². The predicted octanol–water partition coefficient (Wildman–Crippen LogP) is 4.57. The lowest BCUT2D eigenvalue weighted by Crippen LogP contribution is -2.14. The van der Waals surface area contributed by atoms with Crippen LogP contribution in [0.25, 0.3) is 10.2 Å². The van der Waals surface area contributed by atoms with Crippen molar-refractivity contribution in [1.29, 1.82) is 0 Å². The molecule has 0 spiro atoms. The molecule has 0 saturated heterocycles. The maximum absolute atomic E-state index is 13.2. The maximum Gasteiger partial charge on any atom is 0.226 e. The Labute approximate surface area is 131 Å². The fourth-order valence-corrected chi connectivity index (χ4v) is 3.21. The lowest BCUT2D eigenvalue weighted by molar-refractivity contribution is -0.116. The van der Waals surface area contributed by atoms with E-state index in [4.69, 9.17) is 0 Å². The van der Waals surface area contributed by atoms with Crippen molar-refractivity contribution in [2.45, 2.75) is 19.3 Å². The van der Waals surface area contributed by atoms with Gasteiger partial charge in [0.05, 0.1) is 10.2 Å². The van der Waals surface area contributed by atoms with Crippen LogP contribution in [0.2, 0.25) is 0 Å². The van der Waals surface area contributed by atoms with Gasteiger partial charge >= 0.3 is 0 Å². The Hall–Kier alpha value is -2.27. The quantitative estimate of drug-likeness (QED) is 0.766. The first kappa shape index (κ1) is 14.7. The van der Waals surface area contributed by atoms with Crippen molar-refractivity contribution in [2.75, 3.05) is 5.32 Å². The number of carbonyl (C=O) groups is 1. The van der Waals surface area contributed by atoms with Gasteiger partial charge in [-0.1, -0.05) is 48.6 Å². The topological polar surface area (TPSA) is 42.0 Å². The highest BCUT2D eigenvalue weighted by molar-refractivity contribution is 7.22. The Morgan fingerprint density at radius 1 is 1.27 bits per heavy atom. The molecule has 2 aromatic carbocycles. The zero-order valence-corrected chi connectivity index (χ0v) is 12.9. The lowest BCUT2D eigenvalue weighted by Gasteiger charge is -2.10. The molecule has 3 rings (SSSR count). The van der Waals surface area contributed by atoms with Gasteiger partial charge in [-0.25, -0.2) is 9.37 Å². The molecule has 22 heavy (non-hydrogen) atoms. The minimum Gasteiger partial charge on any atom is -0.302 e. The van der Waals surface area contributed by atoms with Gasteiger partial charge < -0.3 is 5.32 Å². The normalized spacial score (nSPS) is 12.3. The van der Waals surface area contributed by atoms with Crippen LogP contribution in [0.1, 0.15) is 24.8 Å². The number of hydrogen-bond acceptors (Lipinski definition) is 3. The van der Waals surface area contributed by atoms with Crippen molar-refractivity contribution in [3.05, 3.63) is 59.9 Å². The smallest absolute Gasteiger partial charge is 0.226 e. The molecule has 5 heteroatoms. The fraction of sp³-hybridized carbons (Fsp3) is 0.176. The second kappa shape index (κ2) is 6.23. The molecule has 112 valence electrons. The third kappa shape index (κ3) is 3.31. The van der Waals surface area contributed by atoms with Crippen molar-refractivity contribution in [1.82, 2.24) is 4.98 Å². The number of halogens is 1. The highest BCUT2D eigenvalue weighted by Gasteiger charge is 2.13. The molecule has 1 N–H and O–H groups in total. The van der Waals surface area contributed by atoms with Gasteiger partial charge in [-0.05, 0) is 29.7 Å². The summed E-state index contributed by atoms with van der Waals surface area (Å²) in [6.07, 6.45) is 0.383. The van der Waals surface area contributed by atoms with E-state index in [9.17, 15) is 9.18 Å². The molecule has 0 aliphatic heterocycles. The largest absolute Gasteiger partial charge is 0.302 e. The van der Waals surface area contributed by atoms with Gasteiger partial charge in [0.1, 0.15) is 5.82 Å². The van der Waals surface area contributed by atoms with Crippen molar-refractivity contribution >= 4 is 32.6 Å². The van der Waals surface area contributed by atoms with Gasteiger partial charge in [-0.2, -0.15) is 0 Å². The van der Waals surface area contributed by atoms with Gasteiger partial charge in [0, 0.05) is 6.42 Å². The van der Waals surface area contributed by atoms with Crippen LogP contribution in [0.3, 0.4) is 0 Å². The minimum absolute atomic E-state index is 0.0871. The third-order valence-corrected chi connectivity index (χ3v) is 4.39. The van der Waals surface area contributed by atoms with Crippen LogP contribution in [0.15, 0.2) is 48.5 Å². The SMILES string of the molecule is C[C@@H](CC(=O)Nc1nc2ccc(F)cc2s1)c1ccccc1. The van der Waals surface area contributed by atoms with Crippen LogP contribution in [-0.4, -0.2) is 10.9 Å². The Kier molecular flexibility index (Phi) is 4.15. The van der Waals surface area contributed by atoms with Crippen LogP contribution in [0.4, 0.5) is 9.52 Å². The predicted molar refractivity (Wildman–Crippen MR) is 87.7 cm³/mol. The molecule has 3 aromatic rings. The van der Waals surface area contributed by atoms with Crippen molar-refractivity contribution in [2.24, 2.45) is 0 Å². The van der Waals surface area contributed by atoms with E-state index < -0.39 is 0 Å². The van der Waals surface area contributed by atoms with E-state index in [0.29, 0.717) is 17.1 Å². The summed E-state index contributed by atoms with van der Waals surface area (Å²) < 4.78 is 13.9. The number of hydrogen-bond donors (Lipinski definition) is 1. The number of carbonyl (C=O) groups excluding carboxylic acids is 1. The molecule has 1 heterocycles. The number of thiazole rings is 1. The molecule has 3 nitrogen and oxygen atoms in total. The van der Waals surface area contributed by atoms with Crippen LogP contribution in [0.5, 0.6) is 0 Å². The summed E-state index contributed by atoms with van der Waals surface area (Å²) in [6, 6.07) is 14.3. The van der Waals surface area contributed by atoms with E-state index in [2.05, 4.69) is 10.3 Å². The Bertz CT molecular complexity index is 801. The summed E-state index contributed by atoms with van der Waals surface area (Å²) in [7, 11) is 0. The molecule has 0 bridgehead atoms. The molecule has 0 radical (unpaired) electrons. The van der Waals surface area contributed by atoms with Crippen molar-refractivity contribution in [3.63, 3.8) is 0 Å². The number of anilines is 1. The average Bonchev–Trinajstić information content (AvgIpc) is 2.89. The number of benzene rings is 2. The van der Waals surface area contributed by atoms with Crippen LogP contribution < -0.4 is 5.32 Å². The molecular formula is C17H15FN2OS. The fourth-order valence-electron chi connectivity index (χ4n) is 2.30. The number of nitrogens with zero attached hydrogens (tertiary/aromatic N) is 1. The second-order valence-electron chi connectivity index (χ2n) is 5.20. The summed E-state index contributed by atoms with van der Waals surface area (Å²) in [4.78, 5) is 16.4. The monoisotopic (exact) mass is 314 g/mol. The van der Waals surface area contributed by atoms with E-state index in [1.165, 1.54) is 23.5 Å². The number of amides is 1.